The van der Waals surface area contributed by atoms with E-state index >= 15 is 0 Å². The Hall–Kier alpha value is -1.42. The third kappa shape index (κ3) is 1.99. The van der Waals surface area contributed by atoms with Gasteiger partial charge in [-0.2, -0.15) is 0 Å². The van der Waals surface area contributed by atoms with Crippen LogP contribution >= 0.6 is 15.9 Å². The van der Waals surface area contributed by atoms with Crippen molar-refractivity contribution in [2.24, 2.45) is 0 Å². The van der Waals surface area contributed by atoms with E-state index < -0.39 is 11.6 Å². The fourth-order valence-electron chi connectivity index (χ4n) is 1.21. The van der Waals surface area contributed by atoms with Gasteiger partial charge in [-0.1, -0.05) is 15.9 Å². The number of halogens is 2. The van der Waals surface area contributed by atoms with E-state index in [-0.39, 0.29) is 11.3 Å². The lowest BCUT2D eigenvalue weighted by Gasteiger charge is -2.00. The highest BCUT2D eigenvalue weighted by atomic mass is 79.9. The molecule has 0 bridgehead atoms. The molecule has 1 heterocycles. The molecule has 0 fully saturated rings. The second-order valence-corrected chi connectivity index (χ2v) is 3.85. The highest BCUT2D eigenvalue weighted by molar-refractivity contribution is 9.10. The lowest BCUT2D eigenvalue weighted by atomic mass is 10.1. The molecule has 1 aromatic carbocycles. The zero-order valence-electron chi connectivity index (χ0n) is 7.54. The van der Waals surface area contributed by atoms with Gasteiger partial charge in [0.15, 0.2) is 5.76 Å². The fraction of sp³-hybridized carbons (Fsp3) is 0. The minimum absolute atomic E-state index is 0.00755. The van der Waals surface area contributed by atoms with Gasteiger partial charge >= 0.3 is 0 Å². The van der Waals surface area contributed by atoms with Crippen molar-refractivity contribution in [2.75, 3.05) is 0 Å². The van der Waals surface area contributed by atoms with Crippen LogP contribution in [0.25, 0.3) is 0 Å². The van der Waals surface area contributed by atoms with E-state index in [2.05, 4.69) is 15.9 Å². The van der Waals surface area contributed by atoms with Crippen molar-refractivity contribution in [3.8, 4) is 0 Å². The quantitative estimate of drug-likeness (QED) is 0.782. The molecule has 0 aliphatic carbocycles. The Morgan fingerprint density at radius 1 is 1.33 bits per heavy atom. The van der Waals surface area contributed by atoms with Crippen LogP contribution in [-0.2, 0) is 0 Å². The molecule has 0 saturated heterocycles. The van der Waals surface area contributed by atoms with Crippen LogP contribution < -0.4 is 0 Å². The summed E-state index contributed by atoms with van der Waals surface area (Å²) < 4.78 is 18.9. The van der Waals surface area contributed by atoms with Crippen molar-refractivity contribution in [3.63, 3.8) is 0 Å². The molecule has 0 spiro atoms. The molecular formula is C11H6BrFO2. The Morgan fingerprint density at radius 3 is 2.73 bits per heavy atom. The second-order valence-electron chi connectivity index (χ2n) is 2.93. The van der Waals surface area contributed by atoms with Crippen LogP contribution in [0.4, 0.5) is 4.39 Å². The van der Waals surface area contributed by atoms with Crippen molar-refractivity contribution in [1.82, 2.24) is 0 Å². The van der Waals surface area contributed by atoms with Gasteiger partial charge in [0.25, 0.3) is 0 Å². The predicted octanol–water partition coefficient (Wildman–Crippen LogP) is 3.41. The molecule has 2 aromatic rings. The van der Waals surface area contributed by atoms with Crippen molar-refractivity contribution in [3.05, 3.63) is 58.2 Å². The lowest BCUT2D eigenvalue weighted by molar-refractivity contribution is 0.100. The van der Waals surface area contributed by atoms with Gasteiger partial charge in [-0.15, -0.1) is 0 Å². The fourth-order valence-corrected chi connectivity index (χ4v) is 1.55. The van der Waals surface area contributed by atoms with Gasteiger partial charge in [-0.3, -0.25) is 4.79 Å². The van der Waals surface area contributed by atoms with E-state index in [1.165, 1.54) is 24.5 Å². The SMILES string of the molecule is O=C(c1ccco1)c1ccc(Br)cc1F. The molecule has 1 aromatic heterocycles. The van der Waals surface area contributed by atoms with Crippen LogP contribution in [0.3, 0.4) is 0 Å². The van der Waals surface area contributed by atoms with E-state index in [4.69, 9.17) is 4.42 Å². The van der Waals surface area contributed by atoms with Crippen LogP contribution in [0.15, 0.2) is 45.5 Å². The molecule has 0 amide bonds. The van der Waals surface area contributed by atoms with E-state index in [9.17, 15) is 9.18 Å². The molecule has 0 radical (unpaired) electrons. The zero-order valence-corrected chi connectivity index (χ0v) is 9.12. The molecule has 15 heavy (non-hydrogen) atoms. The Morgan fingerprint density at radius 2 is 2.13 bits per heavy atom. The topological polar surface area (TPSA) is 30.2 Å². The van der Waals surface area contributed by atoms with Crippen LogP contribution in [0.1, 0.15) is 16.1 Å². The van der Waals surface area contributed by atoms with E-state index in [1.54, 1.807) is 12.1 Å². The first-order valence-corrected chi connectivity index (χ1v) is 5.01. The smallest absolute Gasteiger partial charge is 0.231 e. The number of furan rings is 1. The molecule has 76 valence electrons. The summed E-state index contributed by atoms with van der Waals surface area (Å²) in [5, 5.41) is 0. The first-order valence-electron chi connectivity index (χ1n) is 4.22. The molecule has 4 heteroatoms. The summed E-state index contributed by atoms with van der Waals surface area (Å²) >= 11 is 3.12. The number of carbonyl (C=O) groups excluding carboxylic acids is 1. The van der Waals surface area contributed by atoms with E-state index in [0.29, 0.717) is 4.47 Å². The Balaban J connectivity index is 2.42. The summed E-state index contributed by atoms with van der Waals surface area (Å²) in [6.07, 6.45) is 1.38. The van der Waals surface area contributed by atoms with Crippen molar-refractivity contribution < 1.29 is 13.6 Å². The van der Waals surface area contributed by atoms with E-state index in [1.807, 2.05) is 0 Å². The largest absolute Gasteiger partial charge is 0.461 e. The average Bonchev–Trinajstić information content (AvgIpc) is 2.69. The molecule has 0 atom stereocenters. The zero-order chi connectivity index (χ0) is 10.8. The van der Waals surface area contributed by atoms with Gasteiger partial charge in [0.2, 0.25) is 5.78 Å². The maximum atomic E-state index is 13.4. The lowest BCUT2D eigenvalue weighted by Crippen LogP contribution is -2.02. The maximum Gasteiger partial charge on any atom is 0.231 e. The summed E-state index contributed by atoms with van der Waals surface area (Å²) in [5.74, 6) is -0.882. The number of hydrogen-bond donors (Lipinski definition) is 0. The van der Waals surface area contributed by atoms with Crippen LogP contribution in [0, 0.1) is 5.82 Å². The van der Waals surface area contributed by atoms with Gasteiger partial charge in [-0.25, -0.2) is 4.39 Å². The Labute approximate surface area is 93.8 Å². The van der Waals surface area contributed by atoms with Gasteiger partial charge in [-0.05, 0) is 30.3 Å². The first kappa shape index (κ1) is 10.1. The predicted molar refractivity (Wildman–Crippen MR) is 56.2 cm³/mol. The summed E-state index contributed by atoms with van der Waals surface area (Å²) in [4.78, 5) is 11.7. The monoisotopic (exact) mass is 268 g/mol. The number of ketones is 1. The van der Waals surface area contributed by atoms with Gasteiger partial charge in [0, 0.05) is 4.47 Å². The van der Waals surface area contributed by atoms with Crippen LogP contribution in [0.2, 0.25) is 0 Å². The molecular weight excluding hydrogens is 263 g/mol. The summed E-state index contributed by atoms with van der Waals surface area (Å²) in [6, 6.07) is 7.37. The third-order valence-corrected chi connectivity index (χ3v) is 2.41. The Kier molecular flexibility index (Phi) is 2.68. The molecule has 0 aliphatic heterocycles. The minimum atomic E-state index is -0.564. The van der Waals surface area contributed by atoms with Gasteiger partial charge in [0.1, 0.15) is 5.82 Å². The Bertz CT molecular complexity index is 491. The van der Waals surface area contributed by atoms with E-state index in [0.717, 1.165) is 0 Å². The van der Waals surface area contributed by atoms with Crippen molar-refractivity contribution in [1.29, 1.82) is 0 Å². The van der Waals surface area contributed by atoms with Gasteiger partial charge < -0.3 is 4.42 Å². The van der Waals surface area contributed by atoms with Crippen molar-refractivity contribution >= 4 is 21.7 Å². The molecule has 0 unspecified atom stereocenters. The number of hydrogen-bond acceptors (Lipinski definition) is 2. The molecule has 0 aliphatic rings. The summed E-state index contributed by atoms with van der Waals surface area (Å²) in [7, 11) is 0. The van der Waals surface area contributed by atoms with Crippen molar-refractivity contribution in [2.45, 2.75) is 0 Å². The van der Waals surface area contributed by atoms with Crippen LogP contribution in [0.5, 0.6) is 0 Å². The number of rotatable bonds is 2. The molecule has 2 rings (SSSR count). The van der Waals surface area contributed by atoms with Crippen LogP contribution in [-0.4, -0.2) is 5.78 Å². The highest BCUT2D eigenvalue weighted by Gasteiger charge is 2.16. The summed E-state index contributed by atoms with van der Waals surface area (Å²) in [6.45, 7) is 0. The number of benzene rings is 1. The maximum absolute atomic E-state index is 13.4. The summed E-state index contributed by atoms with van der Waals surface area (Å²) in [5.41, 5.74) is 0.00755. The molecule has 2 nitrogen and oxygen atoms in total. The molecule has 0 saturated carbocycles. The first-order chi connectivity index (χ1) is 7.18. The standard InChI is InChI=1S/C11H6BrFO2/c12-7-3-4-8(9(13)6-7)11(14)10-2-1-5-15-10/h1-6H. The normalized spacial score (nSPS) is 10.3. The minimum Gasteiger partial charge on any atom is -0.461 e. The average molecular weight is 269 g/mol. The third-order valence-electron chi connectivity index (χ3n) is 1.92. The van der Waals surface area contributed by atoms with Gasteiger partial charge in [0.05, 0.1) is 11.8 Å². The second kappa shape index (κ2) is 3.98. The molecule has 0 N–H and O–H groups in total. The number of carbonyl (C=O) groups is 1. The highest BCUT2D eigenvalue weighted by Crippen LogP contribution is 2.18.